The van der Waals surface area contributed by atoms with Crippen molar-refractivity contribution in [2.24, 2.45) is 5.41 Å². The van der Waals surface area contributed by atoms with E-state index in [1.54, 1.807) is 27.7 Å². The molecular weight excluding hydrogens is 773 g/mol. The number of esters is 1. The number of amides is 3. The Morgan fingerprint density at radius 1 is 0.877 bits per heavy atom. The average molecular weight is 817 g/mol. The van der Waals surface area contributed by atoms with Gasteiger partial charge in [-0.15, -0.1) is 0 Å². The van der Waals surface area contributed by atoms with Crippen molar-refractivity contribution in [1.82, 2.24) is 10.4 Å². The second kappa shape index (κ2) is 18.3. The van der Waals surface area contributed by atoms with Crippen molar-refractivity contribution in [1.29, 1.82) is 0 Å². The van der Waals surface area contributed by atoms with Crippen LogP contribution in [0.25, 0.3) is 0 Å². The van der Waals surface area contributed by atoms with Crippen LogP contribution >= 0.6 is 7.60 Å². The Labute approximate surface area is 327 Å². The molecule has 2 fully saturated rings. The summed E-state index contributed by atoms with van der Waals surface area (Å²) in [4.78, 5) is 66.0. The van der Waals surface area contributed by atoms with Gasteiger partial charge in [0, 0.05) is 25.4 Å². The second-order valence-corrected chi connectivity index (χ2v) is 16.4. The summed E-state index contributed by atoms with van der Waals surface area (Å²) < 4.78 is 75.2. The number of nitrogens with one attached hydrogen (secondary N) is 1. The van der Waals surface area contributed by atoms with Crippen LogP contribution in [0.15, 0.2) is 72.8 Å². The van der Waals surface area contributed by atoms with Crippen LogP contribution < -0.4 is 9.84 Å². The standard InChI is InChI=1S/C39H43F2N2O13P/c1-23-34(42-37(47)51-21-30(25-8-12-27(40)13-9-25)26-10-14-28(41)15-11-26)35(31(53-23)22-50-36(46)39(2,3)4)56-57(5,49)55-29-16-6-24(7-17-29)20-52-38(48)54-43-32(44)18-19-33(43)45/h6-17,23,30-31,34-35H,18-22H2,1-5H3,(H,42,47)/t23-,31+,34?,35?,57?/m0/s1. The van der Waals surface area contributed by atoms with Crippen LogP contribution in [-0.4, -0.2) is 79.3 Å². The Morgan fingerprint density at radius 3 is 1.98 bits per heavy atom. The van der Waals surface area contributed by atoms with Crippen molar-refractivity contribution < 1.29 is 70.2 Å². The molecule has 2 aliphatic rings. The molecule has 3 amide bonds. The van der Waals surface area contributed by atoms with Gasteiger partial charge in [0.2, 0.25) is 0 Å². The summed E-state index contributed by atoms with van der Waals surface area (Å²) in [5, 5.41) is 3.07. The summed E-state index contributed by atoms with van der Waals surface area (Å²) in [6.07, 6.45) is -5.26. The zero-order valence-corrected chi connectivity index (χ0v) is 32.7. The van der Waals surface area contributed by atoms with Crippen molar-refractivity contribution in [3.05, 3.63) is 101 Å². The number of rotatable bonds is 14. The highest BCUT2D eigenvalue weighted by Gasteiger charge is 2.48. The molecule has 2 heterocycles. The second-order valence-electron chi connectivity index (χ2n) is 14.4. The van der Waals surface area contributed by atoms with Crippen molar-refractivity contribution in [3.63, 3.8) is 0 Å². The van der Waals surface area contributed by atoms with Gasteiger partial charge in [-0.2, -0.15) is 0 Å². The molecule has 2 aliphatic heterocycles. The van der Waals surface area contributed by atoms with Gasteiger partial charge in [0.05, 0.1) is 17.6 Å². The molecule has 3 aromatic carbocycles. The average Bonchev–Trinajstić information content (AvgIpc) is 3.62. The first-order valence-corrected chi connectivity index (χ1v) is 19.9. The molecule has 0 bridgehead atoms. The van der Waals surface area contributed by atoms with Crippen LogP contribution in [0.5, 0.6) is 5.75 Å². The fourth-order valence-electron chi connectivity index (χ4n) is 5.87. The number of nitrogens with zero attached hydrogens (tertiary/aromatic N) is 1. The van der Waals surface area contributed by atoms with E-state index in [0.717, 1.165) is 0 Å². The summed E-state index contributed by atoms with van der Waals surface area (Å²) in [5.74, 6) is -3.26. The number of hydroxylamine groups is 2. The van der Waals surface area contributed by atoms with Crippen LogP contribution in [0.4, 0.5) is 18.4 Å². The Bertz CT molecular complexity index is 1910. The minimum absolute atomic E-state index is 0.0686. The van der Waals surface area contributed by atoms with Crippen molar-refractivity contribution in [2.45, 2.75) is 77.4 Å². The van der Waals surface area contributed by atoms with Gasteiger partial charge in [-0.05, 0) is 80.8 Å². The fraction of sp³-hybridized carbons (Fsp3) is 0.410. The SMILES string of the molecule is C[C@@H]1O[C@H](COC(=O)C(C)(C)C)C(OP(C)(=O)Oc2ccc(COC(=O)ON3C(=O)CCC3=O)cc2)C1NC(=O)OCC(c1ccc(F)cc1)c1ccc(F)cc1. The van der Waals surface area contributed by atoms with E-state index in [1.807, 2.05) is 0 Å². The predicted molar refractivity (Wildman–Crippen MR) is 195 cm³/mol. The molecule has 3 aromatic rings. The Hall–Kier alpha value is -5.38. The monoisotopic (exact) mass is 816 g/mol. The number of carbonyl (C=O) groups is 5. The molecule has 0 aromatic heterocycles. The molecule has 18 heteroatoms. The Morgan fingerprint density at radius 2 is 1.44 bits per heavy atom. The predicted octanol–water partition coefficient (Wildman–Crippen LogP) is 6.57. The number of hydrogen-bond acceptors (Lipinski definition) is 13. The molecular formula is C39H43F2N2O13P. The number of halogens is 2. The lowest BCUT2D eigenvalue weighted by Crippen LogP contribution is -2.49. The summed E-state index contributed by atoms with van der Waals surface area (Å²) in [6, 6.07) is 16.0. The van der Waals surface area contributed by atoms with E-state index in [2.05, 4.69) is 10.2 Å². The topological polar surface area (TPSA) is 182 Å². The van der Waals surface area contributed by atoms with Crippen molar-refractivity contribution >= 4 is 37.6 Å². The first kappa shape index (κ1) is 42.8. The molecule has 5 atom stereocenters. The summed E-state index contributed by atoms with van der Waals surface area (Å²) in [7, 11) is -4.03. The van der Waals surface area contributed by atoms with Crippen molar-refractivity contribution in [3.8, 4) is 5.75 Å². The van der Waals surface area contributed by atoms with E-state index in [0.29, 0.717) is 21.8 Å². The largest absolute Gasteiger partial charge is 0.534 e. The van der Waals surface area contributed by atoms with E-state index in [-0.39, 0.29) is 38.4 Å². The Kier molecular flexibility index (Phi) is 13.7. The highest BCUT2D eigenvalue weighted by molar-refractivity contribution is 7.53. The van der Waals surface area contributed by atoms with Gasteiger partial charge in [0.1, 0.15) is 49.4 Å². The van der Waals surface area contributed by atoms with Gasteiger partial charge in [0.25, 0.3) is 11.8 Å². The highest BCUT2D eigenvalue weighted by Crippen LogP contribution is 2.48. The molecule has 0 aliphatic carbocycles. The molecule has 306 valence electrons. The third-order valence-corrected chi connectivity index (χ3v) is 10.0. The lowest BCUT2D eigenvalue weighted by Gasteiger charge is -2.28. The lowest BCUT2D eigenvalue weighted by atomic mass is 9.92. The van der Waals surface area contributed by atoms with Crippen LogP contribution in [0, 0.1) is 17.0 Å². The summed E-state index contributed by atoms with van der Waals surface area (Å²) >= 11 is 0. The lowest BCUT2D eigenvalue weighted by molar-refractivity contribution is -0.177. The molecule has 0 spiro atoms. The first-order valence-electron chi connectivity index (χ1n) is 17.9. The number of carbonyl (C=O) groups excluding carboxylic acids is 5. The number of imide groups is 1. The maximum Gasteiger partial charge on any atom is 0.534 e. The quantitative estimate of drug-likeness (QED) is 0.0799. The van der Waals surface area contributed by atoms with Gasteiger partial charge in [0.15, 0.2) is 0 Å². The highest BCUT2D eigenvalue weighted by atomic mass is 31.2. The van der Waals surface area contributed by atoms with Gasteiger partial charge in [-0.1, -0.05) is 41.5 Å². The fourth-order valence-corrected chi connectivity index (χ4v) is 7.13. The van der Waals surface area contributed by atoms with Gasteiger partial charge in [-0.25, -0.2) is 22.9 Å². The van der Waals surface area contributed by atoms with E-state index >= 15 is 0 Å². The molecule has 3 unspecified atom stereocenters. The maximum atomic E-state index is 13.9. The zero-order chi connectivity index (χ0) is 41.5. The van der Waals surface area contributed by atoms with Crippen LogP contribution in [-0.2, 0) is 53.9 Å². The Balaban J connectivity index is 1.25. The summed E-state index contributed by atoms with van der Waals surface area (Å²) in [6.45, 7) is 7.01. The van der Waals surface area contributed by atoms with Crippen molar-refractivity contribution in [2.75, 3.05) is 19.9 Å². The normalized spacial score (nSPS) is 20.5. The minimum atomic E-state index is -4.03. The van der Waals surface area contributed by atoms with E-state index in [9.17, 15) is 37.3 Å². The third-order valence-electron chi connectivity index (χ3n) is 8.85. The number of benzene rings is 3. The molecule has 0 saturated carbocycles. The smallest absolute Gasteiger partial charge is 0.462 e. The summed E-state index contributed by atoms with van der Waals surface area (Å²) in [5.41, 5.74) is 0.818. The molecule has 5 rings (SSSR count). The van der Waals surface area contributed by atoms with E-state index in [4.69, 9.17) is 28.0 Å². The maximum absolute atomic E-state index is 13.9. The van der Waals surface area contributed by atoms with E-state index in [1.165, 1.54) is 79.5 Å². The van der Waals surface area contributed by atoms with Crippen LogP contribution in [0.2, 0.25) is 0 Å². The molecule has 0 radical (unpaired) electrons. The van der Waals surface area contributed by atoms with E-state index < -0.39 is 84.9 Å². The van der Waals surface area contributed by atoms with Crippen LogP contribution in [0.3, 0.4) is 0 Å². The molecule has 57 heavy (non-hydrogen) atoms. The molecule has 1 N–H and O–H groups in total. The number of ether oxygens (including phenoxy) is 4. The van der Waals surface area contributed by atoms with Gasteiger partial charge in [-0.3, -0.25) is 23.7 Å². The minimum Gasteiger partial charge on any atom is -0.462 e. The molecule has 15 nitrogen and oxygen atoms in total. The molecule has 2 saturated heterocycles. The third kappa shape index (κ3) is 11.8. The van der Waals surface area contributed by atoms with Crippen LogP contribution in [0.1, 0.15) is 63.1 Å². The number of alkyl carbamates (subject to hydrolysis) is 1. The van der Waals surface area contributed by atoms with Gasteiger partial charge < -0.3 is 28.8 Å². The zero-order valence-electron chi connectivity index (χ0n) is 31.8. The first-order chi connectivity index (χ1) is 26.9. The number of hydrogen-bond donors (Lipinski definition) is 1. The van der Waals surface area contributed by atoms with Gasteiger partial charge >= 0.3 is 25.8 Å².